The summed E-state index contributed by atoms with van der Waals surface area (Å²) in [5.41, 5.74) is 0.890. The third-order valence-electron chi connectivity index (χ3n) is 4.83. The smallest absolute Gasteiger partial charge is 0.331 e. The summed E-state index contributed by atoms with van der Waals surface area (Å²) in [6.45, 7) is 3.42. The van der Waals surface area contributed by atoms with Gasteiger partial charge >= 0.3 is 5.97 Å². The first-order valence-corrected chi connectivity index (χ1v) is 9.25. The van der Waals surface area contributed by atoms with Gasteiger partial charge in [-0.05, 0) is 59.4 Å². The van der Waals surface area contributed by atoms with Crippen molar-refractivity contribution >= 4 is 28.7 Å². The van der Waals surface area contributed by atoms with Crippen molar-refractivity contribution in [3.63, 3.8) is 0 Å². The predicted molar refractivity (Wildman–Crippen MR) is 105 cm³/mol. The molecule has 0 aliphatic carbocycles. The SMILES string of the molecule is COc1ccc2cc(/C=C/C(=O)OCC(=O)N3CCC[C@@H](C)C3)ccc2c1. The van der Waals surface area contributed by atoms with Crippen LogP contribution in [0, 0.1) is 5.92 Å². The zero-order valence-electron chi connectivity index (χ0n) is 15.8. The Kier molecular flexibility index (Phi) is 6.12. The van der Waals surface area contributed by atoms with E-state index in [2.05, 4.69) is 6.92 Å². The minimum atomic E-state index is -0.511. The molecule has 0 spiro atoms. The normalized spacial score (nSPS) is 17.3. The summed E-state index contributed by atoms with van der Waals surface area (Å²) in [5, 5.41) is 2.12. The molecule has 0 N–H and O–H groups in total. The maximum atomic E-state index is 12.1. The standard InChI is InChI=1S/C22H25NO4/c1-16-4-3-11-23(14-16)21(24)15-27-22(25)10-6-17-5-7-19-13-20(26-2)9-8-18(19)12-17/h5-10,12-13,16H,3-4,11,14-15H2,1-2H3/b10-6+/t16-/m1/s1. The monoisotopic (exact) mass is 367 g/mol. The number of likely N-dealkylation sites (tertiary alicyclic amines) is 1. The Hall–Kier alpha value is -2.82. The molecule has 2 aromatic carbocycles. The number of ether oxygens (including phenoxy) is 2. The number of methoxy groups -OCH3 is 1. The van der Waals surface area contributed by atoms with Gasteiger partial charge in [0.2, 0.25) is 0 Å². The molecule has 1 saturated heterocycles. The molecule has 3 rings (SSSR count). The predicted octanol–water partition coefficient (Wildman–Crippen LogP) is 3.66. The summed E-state index contributed by atoms with van der Waals surface area (Å²) < 4.78 is 10.3. The Bertz CT molecular complexity index is 859. The van der Waals surface area contributed by atoms with E-state index in [0.717, 1.165) is 48.0 Å². The fourth-order valence-electron chi connectivity index (χ4n) is 3.33. The van der Waals surface area contributed by atoms with Crippen LogP contribution >= 0.6 is 0 Å². The van der Waals surface area contributed by atoms with Crippen LogP contribution in [0.25, 0.3) is 16.8 Å². The van der Waals surface area contributed by atoms with Gasteiger partial charge in [-0.1, -0.05) is 25.1 Å². The van der Waals surface area contributed by atoms with Crippen molar-refractivity contribution in [3.05, 3.63) is 48.0 Å². The summed E-state index contributed by atoms with van der Waals surface area (Å²) >= 11 is 0. The van der Waals surface area contributed by atoms with Crippen molar-refractivity contribution in [2.75, 3.05) is 26.8 Å². The number of carbonyl (C=O) groups is 2. The Morgan fingerprint density at radius 3 is 2.74 bits per heavy atom. The second-order valence-corrected chi connectivity index (χ2v) is 7.00. The van der Waals surface area contributed by atoms with E-state index >= 15 is 0 Å². The number of benzene rings is 2. The molecular formula is C22H25NO4. The minimum Gasteiger partial charge on any atom is -0.497 e. The largest absolute Gasteiger partial charge is 0.497 e. The second kappa shape index (κ2) is 8.71. The zero-order valence-corrected chi connectivity index (χ0v) is 15.8. The molecule has 2 aromatic rings. The maximum absolute atomic E-state index is 12.1. The van der Waals surface area contributed by atoms with Crippen LogP contribution in [0.2, 0.25) is 0 Å². The van der Waals surface area contributed by atoms with Gasteiger partial charge in [0.1, 0.15) is 5.75 Å². The first-order valence-electron chi connectivity index (χ1n) is 9.25. The van der Waals surface area contributed by atoms with Crippen LogP contribution in [0.1, 0.15) is 25.3 Å². The van der Waals surface area contributed by atoms with E-state index in [1.54, 1.807) is 18.1 Å². The fourth-order valence-corrected chi connectivity index (χ4v) is 3.33. The summed E-state index contributed by atoms with van der Waals surface area (Å²) in [6.07, 6.45) is 5.20. The van der Waals surface area contributed by atoms with Gasteiger partial charge in [0, 0.05) is 19.2 Å². The fraction of sp³-hybridized carbons (Fsp3) is 0.364. The molecule has 5 heteroatoms. The minimum absolute atomic E-state index is 0.122. The number of rotatable bonds is 5. The van der Waals surface area contributed by atoms with Crippen LogP contribution in [-0.4, -0.2) is 43.6 Å². The van der Waals surface area contributed by atoms with Crippen molar-refractivity contribution in [3.8, 4) is 5.75 Å². The lowest BCUT2D eigenvalue weighted by atomic mass is 10.0. The molecular weight excluding hydrogens is 342 g/mol. The summed E-state index contributed by atoms with van der Waals surface area (Å²) in [5.74, 6) is 0.680. The Morgan fingerprint density at radius 2 is 1.96 bits per heavy atom. The van der Waals surface area contributed by atoms with Crippen LogP contribution in [-0.2, 0) is 14.3 Å². The maximum Gasteiger partial charge on any atom is 0.331 e. The van der Waals surface area contributed by atoms with Gasteiger partial charge in [0.15, 0.2) is 6.61 Å². The summed E-state index contributed by atoms with van der Waals surface area (Å²) in [7, 11) is 1.64. The molecule has 0 radical (unpaired) electrons. The quantitative estimate of drug-likeness (QED) is 0.598. The average molecular weight is 367 g/mol. The van der Waals surface area contributed by atoms with Crippen molar-refractivity contribution in [1.82, 2.24) is 4.90 Å². The molecule has 1 amide bonds. The van der Waals surface area contributed by atoms with Gasteiger partial charge in [-0.25, -0.2) is 4.79 Å². The highest BCUT2D eigenvalue weighted by Crippen LogP contribution is 2.22. The van der Waals surface area contributed by atoms with Gasteiger partial charge in [0.05, 0.1) is 7.11 Å². The first-order chi connectivity index (χ1) is 13.0. The van der Waals surface area contributed by atoms with E-state index in [0.29, 0.717) is 5.92 Å². The molecule has 27 heavy (non-hydrogen) atoms. The highest BCUT2D eigenvalue weighted by atomic mass is 16.5. The molecule has 0 unspecified atom stereocenters. The van der Waals surface area contributed by atoms with Crippen molar-refractivity contribution in [1.29, 1.82) is 0 Å². The molecule has 0 aromatic heterocycles. The molecule has 0 saturated carbocycles. The Labute approximate surface area is 159 Å². The number of nitrogens with zero attached hydrogens (tertiary/aromatic N) is 1. The molecule has 142 valence electrons. The van der Waals surface area contributed by atoms with E-state index in [9.17, 15) is 9.59 Å². The third-order valence-corrected chi connectivity index (χ3v) is 4.83. The summed E-state index contributed by atoms with van der Waals surface area (Å²) in [6, 6.07) is 11.7. The lowest BCUT2D eigenvalue weighted by Gasteiger charge is -2.30. The van der Waals surface area contributed by atoms with Crippen LogP contribution in [0.4, 0.5) is 0 Å². The molecule has 1 atom stereocenters. The number of carbonyl (C=O) groups excluding carboxylic acids is 2. The van der Waals surface area contributed by atoms with Crippen LogP contribution in [0.15, 0.2) is 42.5 Å². The highest BCUT2D eigenvalue weighted by Gasteiger charge is 2.21. The number of hydrogen-bond donors (Lipinski definition) is 0. The number of piperidine rings is 1. The van der Waals surface area contributed by atoms with Crippen LogP contribution < -0.4 is 4.74 Å². The molecule has 1 aliphatic heterocycles. The third kappa shape index (κ3) is 5.09. The molecule has 5 nitrogen and oxygen atoms in total. The average Bonchev–Trinajstić information content (AvgIpc) is 2.69. The Morgan fingerprint density at radius 1 is 1.19 bits per heavy atom. The topological polar surface area (TPSA) is 55.8 Å². The zero-order chi connectivity index (χ0) is 19.2. The van der Waals surface area contributed by atoms with Crippen molar-refractivity contribution < 1.29 is 19.1 Å². The van der Waals surface area contributed by atoms with Gasteiger partial charge < -0.3 is 14.4 Å². The molecule has 0 bridgehead atoms. The van der Waals surface area contributed by atoms with Crippen molar-refractivity contribution in [2.24, 2.45) is 5.92 Å². The van der Waals surface area contributed by atoms with Gasteiger partial charge in [-0.15, -0.1) is 0 Å². The van der Waals surface area contributed by atoms with Gasteiger partial charge in [-0.3, -0.25) is 4.79 Å². The second-order valence-electron chi connectivity index (χ2n) is 7.00. The number of esters is 1. The van der Waals surface area contributed by atoms with Crippen LogP contribution in [0.3, 0.4) is 0 Å². The van der Waals surface area contributed by atoms with E-state index in [4.69, 9.17) is 9.47 Å². The lowest BCUT2D eigenvalue weighted by Crippen LogP contribution is -2.41. The van der Waals surface area contributed by atoms with Gasteiger partial charge in [-0.2, -0.15) is 0 Å². The number of fused-ring (bicyclic) bond motifs is 1. The van der Waals surface area contributed by atoms with E-state index in [1.165, 1.54) is 6.08 Å². The van der Waals surface area contributed by atoms with Crippen molar-refractivity contribution in [2.45, 2.75) is 19.8 Å². The highest BCUT2D eigenvalue weighted by molar-refractivity contribution is 5.91. The van der Waals surface area contributed by atoms with Gasteiger partial charge in [0.25, 0.3) is 5.91 Å². The van der Waals surface area contributed by atoms with E-state index in [1.807, 2.05) is 36.4 Å². The lowest BCUT2D eigenvalue weighted by molar-refractivity contribution is -0.149. The first kappa shape index (κ1) is 19.0. The number of amides is 1. The van der Waals surface area contributed by atoms with E-state index in [-0.39, 0.29) is 12.5 Å². The van der Waals surface area contributed by atoms with Crippen LogP contribution in [0.5, 0.6) is 5.75 Å². The summed E-state index contributed by atoms with van der Waals surface area (Å²) in [4.78, 5) is 25.8. The van der Waals surface area contributed by atoms with E-state index < -0.39 is 5.97 Å². The Balaban J connectivity index is 1.55. The number of hydrogen-bond acceptors (Lipinski definition) is 4. The molecule has 1 heterocycles. The molecule has 1 aliphatic rings. The molecule has 1 fully saturated rings.